The average Bonchev–Trinajstić information content (AvgIpc) is 3.37. The first-order valence-corrected chi connectivity index (χ1v) is 11.5. The Morgan fingerprint density at radius 1 is 1.31 bits per heavy atom. The molecule has 7 heteroatoms. The van der Waals surface area contributed by atoms with Gasteiger partial charge in [-0.25, -0.2) is 4.98 Å². The van der Waals surface area contributed by atoms with Crippen molar-refractivity contribution in [2.45, 2.75) is 13.8 Å². The fraction of sp³-hybridized carbons (Fsp3) is 0.364. The molecule has 1 aromatic carbocycles. The molecule has 1 aliphatic heterocycles. The maximum atomic E-state index is 13.1. The highest BCUT2D eigenvalue weighted by Crippen LogP contribution is 2.32. The van der Waals surface area contributed by atoms with Crippen LogP contribution in [0.3, 0.4) is 0 Å². The van der Waals surface area contributed by atoms with E-state index in [0.29, 0.717) is 6.54 Å². The van der Waals surface area contributed by atoms with Crippen molar-refractivity contribution in [3.8, 4) is 0 Å². The molecule has 0 unspecified atom stereocenters. The molecule has 1 fully saturated rings. The molecule has 3 aromatic rings. The lowest BCUT2D eigenvalue weighted by atomic mass is 10.1. The first-order chi connectivity index (χ1) is 14.1. The lowest BCUT2D eigenvalue weighted by molar-refractivity contribution is -0.114. The minimum absolute atomic E-state index is 0.0277. The Hall–Kier alpha value is -2.06. The van der Waals surface area contributed by atoms with Crippen LogP contribution in [0.25, 0.3) is 16.3 Å². The van der Waals surface area contributed by atoms with Gasteiger partial charge in [0.2, 0.25) is 0 Å². The van der Waals surface area contributed by atoms with Gasteiger partial charge in [0.1, 0.15) is 0 Å². The van der Waals surface area contributed by atoms with Gasteiger partial charge in [-0.05, 0) is 48.6 Å². The molecule has 0 bridgehead atoms. The van der Waals surface area contributed by atoms with Crippen LogP contribution in [-0.4, -0.2) is 55.2 Å². The third-order valence-electron chi connectivity index (χ3n) is 4.99. The monoisotopic (exact) mass is 427 g/mol. The Morgan fingerprint density at radius 3 is 2.90 bits per heavy atom. The summed E-state index contributed by atoms with van der Waals surface area (Å²) in [5.41, 5.74) is 3.35. The van der Waals surface area contributed by atoms with Gasteiger partial charge in [0, 0.05) is 37.1 Å². The minimum atomic E-state index is -0.0277. The van der Waals surface area contributed by atoms with Crippen molar-refractivity contribution in [1.82, 2.24) is 9.88 Å². The maximum Gasteiger partial charge on any atom is 0.252 e. The summed E-state index contributed by atoms with van der Waals surface area (Å²) in [7, 11) is 0. The summed E-state index contributed by atoms with van der Waals surface area (Å²) in [6.07, 6.45) is 3.55. The fourth-order valence-electron chi connectivity index (χ4n) is 3.47. The maximum absolute atomic E-state index is 13.1. The Morgan fingerprint density at radius 2 is 2.14 bits per heavy atom. The normalized spacial score (nSPS) is 15.4. The van der Waals surface area contributed by atoms with Gasteiger partial charge in [0.15, 0.2) is 5.13 Å². The predicted molar refractivity (Wildman–Crippen MR) is 122 cm³/mol. The highest BCUT2D eigenvalue weighted by molar-refractivity contribution is 7.22. The molecule has 1 saturated heterocycles. The predicted octanol–water partition coefficient (Wildman–Crippen LogP) is 4.35. The average molecular weight is 428 g/mol. The van der Waals surface area contributed by atoms with E-state index >= 15 is 0 Å². The fourth-order valence-corrected chi connectivity index (χ4v) is 5.26. The number of hydrogen-bond donors (Lipinski definition) is 0. The molecule has 0 saturated carbocycles. The number of thiophene rings is 1. The second kappa shape index (κ2) is 9.17. The number of benzene rings is 1. The lowest BCUT2D eigenvalue weighted by Crippen LogP contribution is -2.42. The van der Waals surface area contributed by atoms with Crippen molar-refractivity contribution in [3.05, 3.63) is 51.7 Å². The number of ether oxygens (including phenoxy) is 1. The topological polar surface area (TPSA) is 45.7 Å². The number of aromatic nitrogens is 1. The summed E-state index contributed by atoms with van der Waals surface area (Å²) < 4.78 is 6.57. The quantitative estimate of drug-likeness (QED) is 0.549. The molecular weight excluding hydrogens is 402 g/mol. The van der Waals surface area contributed by atoms with Crippen LogP contribution < -0.4 is 4.90 Å². The summed E-state index contributed by atoms with van der Waals surface area (Å²) in [5.74, 6) is -0.0277. The Balaban J connectivity index is 1.59. The molecule has 2 aromatic heterocycles. The third kappa shape index (κ3) is 4.93. The summed E-state index contributed by atoms with van der Waals surface area (Å²) in [6, 6.07) is 8.29. The number of fused-ring (bicyclic) bond motifs is 1. The van der Waals surface area contributed by atoms with Crippen molar-refractivity contribution >= 4 is 50.0 Å². The molecule has 0 atom stereocenters. The molecule has 0 radical (unpaired) electrons. The van der Waals surface area contributed by atoms with Gasteiger partial charge in [-0.1, -0.05) is 23.5 Å². The number of nitrogens with zero attached hydrogens (tertiary/aromatic N) is 3. The molecule has 3 heterocycles. The zero-order chi connectivity index (χ0) is 20.2. The molecule has 4 rings (SSSR count). The first kappa shape index (κ1) is 20.2. The molecule has 152 valence electrons. The largest absolute Gasteiger partial charge is 0.379 e. The zero-order valence-corrected chi connectivity index (χ0v) is 18.4. The zero-order valence-electron chi connectivity index (χ0n) is 16.8. The van der Waals surface area contributed by atoms with Crippen LogP contribution >= 0.6 is 22.7 Å². The standard InChI is InChI=1S/C22H25N3O2S2/c1-16-14-17(2)21-19(15-16)29-22(23-21)25(8-7-24-9-11-27-12-10-24)20(26)6-5-18-4-3-13-28-18/h3-6,13-15H,7-12H2,1-2H3/b6-5+. The van der Waals surface area contributed by atoms with Crippen LogP contribution in [-0.2, 0) is 9.53 Å². The molecule has 5 nitrogen and oxygen atoms in total. The number of hydrogen-bond acceptors (Lipinski definition) is 6. The van der Waals surface area contributed by atoms with Crippen LogP contribution in [0, 0.1) is 13.8 Å². The number of amides is 1. The van der Waals surface area contributed by atoms with Crippen LogP contribution in [0.1, 0.15) is 16.0 Å². The van der Waals surface area contributed by atoms with Crippen molar-refractivity contribution in [3.63, 3.8) is 0 Å². The highest BCUT2D eigenvalue weighted by Gasteiger charge is 2.20. The second-order valence-corrected chi connectivity index (χ2v) is 9.21. The van der Waals surface area contributed by atoms with Crippen molar-refractivity contribution in [2.75, 3.05) is 44.3 Å². The number of morpholine rings is 1. The Bertz CT molecular complexity index is 1000. The molecule has 0 spiro atoms. The van der Waals surface area contributed by atoms with E-state index < -0.39 is 0 Å². The van der Waals surface area contributed by atoms with Crippen LogP contribution in [0.4, 0.5) is 5.13 Å². The van der Waals surface area contributed by atoms with Gasteiger partial charge in [-0.3, -0.25) is 14.6 Å². The van der Waals surface area contributed by atoms with Crippen molar-refractivity contribution in [2.24, 2.45) is 0 Å². The molecule has 29 heavy (non-hydrogen) atoms. The third-order valence-corrected chi connectivity index (χ3v) is 6.86. The van der Waals surface area contributed by atoms with Gasteiger partial charge in [-0.15, -0.1) is 11.3 Å². The van der Waals surface area contributed by atoms with E-state index in [1.54, 1.807) is 28.7 Å². The van der Waals surface area contributed by atoms with Gasteiger partial charge < -0.3 is 4.74 Å². The number of anilines is 1. The summed E-state index contributed by atoms with van der Waals surface area (Å²) >= 11 is 3.21. The minimum Gasteiger partial charge on any atom is -0.379 e. The van der Waals surface area contributed by atoms with E-state index in [0.717, 1.165) is 58.6 Å². The molecule has 0 N–H and O–H groups in total. The van der Waals surface area contributed by atoms with E-state index in [4.69, 9.17) is 9.72 Å². The van der Waals surface area contributed by atoms with Gasteiger partial charge in [0.25, 0.3) is 5.91 Å². The molecular formula is C22H25N3O2S2. The molecule has 1 aliphatic rings. The summed E-state index contributed by atoms with van der Waals surface area (Å²) in [5, 5.41) is 2.78. The van der Waals surface area contributed by atoms with Crippen LogP contribution in [0.15, 0.2) is 35.7 Å². The van der Waals surface area contributed by atoms with Crippen molar-refractivity contribution in [1.29, 1.82) is 0 Å². The number of thiazole rings is 1. The SMILES string of the molecule is Cc1cc(C)c2nc(N(CCN3CCOCC3)C(=O)/C=C/c3cccs3)sc2c1. The van der Waals surface area contributed by atoms with Gasteiger partial charge in [0.05, 0.1) is 23.4 Å². The van der Waals surface area contributed by atoms with E-state index in [-0.39, 0.29) is 5.91 Å². The van der Waals surface area contributed by atoms with E-state index in [2.05, 4.69) is 30.9 Å². The number of aryl methyl sites for hydroxylation is 2. The molecule has 0 aliphatic carbocycles. The smallest absolute Gasteiger partial charge is 0.252 e. The molecule has 1 amide bonds. The van der Waals surface area contributed by atoms with E-state index in [9.17, 15) is 4.79 Å². The van der Waals surface area contributed by atoms with E-state index in [1.807, 2.05) is 28.5 Å². The first-order valence-electron chi connectivity index (χ1n) is 9.81. The van der Waals surface area contributed by atoms with E-state index in [1.165, 1.54) is 5.56 Å². The number of rotatable bonds is 6. The Kier molecular flexibility index (Phi) is 6.40. The van der Waals surface area contributed by atoms with Crippen LogP contribution in [0.5, 0.6) is 0 Å². The van der Waals surface area contributed by atoms with Crippen molar-refractivity contribution < 1.29 is 9.53 Å². The number of carbonyl (C=O) groups is 1. The second-order valence-electron chi connectivity index (χ2n) is 7.22. The van der Waals surface area contributed by atoms with Gasteiger partial charge >= 0.3 is 0 Å². The highest BCUT2D eigenvalue weighted by atomic mass is 32.1. The number of carbonyl (C=O) groups excluding carboxylic acids is 1. The van der Waals surface area contributed by atoms with Crippen LogP contribution in [0.2, 0.25) is 0 Å². The van der Waals surface area contributed by atoms with Gasteiger partial charge in [-0.2, -0.15) is 0 Å². The lowest BCUT2D eigenvalue weighted by Gasteiger charge is -2.28. The summed E-state index contributed by atoms with van der Waals surface area (Å²) in [4.78, 5) is 23.2. The Labute approximate surface area is 179 Å². The summed E-state index contributed by atoms with van der Waals surface area (Å²) in [6.45, 7) is 8.93.